The average Bonchev–Trinajstić information content (AvgIpc) is 2.72. The fourth-order valence-corrected chi connectivity index (χ4v) is 3.25. The van der Waals surface area contributed by atoms with Gasteiger partial charge in [0.1, 0.15) is 0 Å². The van der Waals surface area contributed by atoms with Crippen LogP contribution in [-0.4, -0.2) is 30.7 Å². The molecular weight excluding hydrogens is 228 g/mol. The Kier molecular flexibility index (Phi) is 5.01. The summed E-state index contributed by atoms with van der Waals surface area (Å²) in [4.78, 5) is 10.6. The third kappa shape index (κ3) is 3.95. The molecule has 1 aliphatic heterocycles. The van der Waals surface area contributed by atoms with Crippen molar-refractivity contribution in [3.05, 3.63) is 0 Å². The molecular formula is C14H26N2O2. The van der Waals surface area contributed by atoms with E-state index in [0.29, 0.717) is 12.5 Å². The van der Waals surface area contributed by atoms with Crippen LogP contribution in [0.15, 0.2) is 0 Å². The Balaban J connectivity index is 1.59. The van der Waals surface area contributed by atoms with E-state index in [9.17, 15) is 4.79 Å². The third-order valence-electron chi connectivity index (χ3n) is 4.25. The van der Waals surface area contributed by atoms with Crippen molar-refractivity contribution in [3.63, 3.8) is 0 Å². The SMILES string of the molecule is NC(=O)CCCNCC1CCC2(CCCCC2)O1. The van der Waals surface area contributed by atoms with Crippen LogP contribution in [0.3, 0.4) is 0 Å². The Morgan fingerprint density at radius 1 is 1.28 bits per heavy atom. The highest BCUT2D eigenvalue weighted by molar-refractivity contribution is 5.73. The molecule has 2 rings (SSSR count). The molecule has 4 nitrogen and oxygen atoms in total. The molecule has 0 bridgehead atoms. The molecule has 1 spiro atoms. The lowest BCUT2D eigenvalue weighted by atomic mass is 9.83. The van der Waals surface area contributed by atoms with Gasteiger partial charge in [0.2, 0.25) is 5.91 Å². The van der Waals surface area contributed by atoms with Crippen LogP contribution in [0, 0.1) is 0 Å². The number of primary amides is 1. The lowest BCUT2D eigenvalue weighted by Gasteiger charge is -2.33. The zero-order valence-corrected chi connectivity index (χ0v) is 11.2. The van der Waals surface area contributed by atoms with E-state index in [1.165, 1.54) is 44.9 Å². The van der Waals surface area contributed by atoms with Crippen molar-refractivity contribution in [2.24, 2.45) is 5.73 Å². The van der Waals surface area contributed by atoms with E-state index in [1.54, 1.807) is 0 Å². The quantitative estimate of drug-likeness (QED) is 0.709. The summed E-state index contributed by atoms with van der Waals surface area (Å²) < 4.78 is 6.26. The Morgan fingerprint density at radius 3 is 2.78 bits per heavy atom. The number of nitrogens with one attached hydrogen (secondary N) is 1. The van der Waals surface area contributed by atoms with Gasteiger partial charge < -0.3 is 15.8 Å². The van der Waals surface area contributed by atoms with Crippen LogP contribution in [0.4, 0.5) is 0 Å². The molecule has 1 unspecified atom stereocenters. The van der Waals surface area contributed by atoms with E-state index in [-0.39, 0.29) is 11.5 Å². The van der Waals surface area contributed by atoms with Crippen molar-refractivity contribution in [1.29, 1.82) is 0 Å². The maximum atomic E-state index is 10.6. The molecule has 3 N–H and O–H groups in total. The molecule has 1 atom stereocenters. The standard InChI is InChI=1S/C14H26N2O2/c15-13(17)5-4-10-16-11-12-6-9-14(18-12)7-2-1-3-8-14/h12,16H,1-11H2,(H2,15,17). The minimum atomic E-state index is -0.213. The van der Waals surface area contributed by atoms with Gasteiger partial charge in [0.25, 0.3) is 0 Å². The Labute approximate surface area is 110 Å². The zero-order chi connectivity index (χ0) is 12.8. The highest BCUT2D eigenvalue weighted by Crippen LogP contribution is 2.41. The van der Waals surface area contributed by atoms with Gasteiger partial charge >= 0.3 is 0 Å². The normalized spacial score (nSPS) is 26.6. The first-order valence-corrected chi connectivity index (χ1v) is 7.37. The molecule has 0 radical (unpaired) electrons. The first kappa shape index (κ1) is 13.8. The molecule has 104 valence electrons. The summed E-state index contributed by atoms with van der Waals surface area (Å²) in [5.41, 5.74) is 5.32. The number of amides is 1. The lowest BCUT2D eigenvalue weighted by Crippen LogP contribution is -2.35. The first-order chi connectivity index (χ1) is 8.70. The monoisotopic (exact) mass is 254 g/mol. The van der Waals surface area contributed by atoms with Crippen molar-refractivity contribution in [2.75, 3.05) is 13.1 Å². The molecule has 4 heteroatoms. The second kappa shape index (κ2) is 6.53. The Hall–Kier alpha value is -0.610. The van der Waals surface area contributed by atoms with Crippen molar-refractivity contribution in [2.45, 2.75) is 69.5 Å². The van der Waals surface area contributed by atoms with E-state index >= 15 is 0 Å². The summed E-state index contributed by atoms with van der Waals surface area (Å²) in [7, 11) is 0. The molecule has 2 fully saturated rings. The molecule has 0 aromatic rings. The minimum absolute atomic E-state index is 0.213. The van der Waals surface area contributed by atoms with Crippen molar-refractivity contribution >= 4 is 5.91 Å². The second-order valence-corrected chi connectivity index (χ2v) is 5.80. The van der Waals surface area contributed by atoms with Gasteiger partial charge in [-0.05, 0) is 38.6 Å². The molecule has 1 heterocycles. The predicted molar refractivity (Wildman–Crippen MR) is 71.2 cm³/mol. The van der Waals surface area contributed by atoms with Gasteiger partial charge in [-0.2, -0.15) is 0 Å². The molecule has 0 aromatic carbocycles. The van der Waals surface area contributed by atoms with Crippen LogP contribution < -0.4 is 11.1 Å². The zero-order valence-electron chi connectivity index (χ0n) is 11.2. The Bertz CT molecular complexity index is 275. The smallest absolute Gasteiger partial charge is 0.217 e. The Morgan fingerprint density at radius 2 is 2.06 bits per heavy atom. The predicted octanol–water partition coefficient (Wildman–Crippen LogP) is 1.72. The van der Waals surface area contributed by atoms with Crippen LogP contribution in [0.5, 0.6) is 0 Å². The molecule has 1 saturated heterocycles. The highest BCUT2D eigenvalue weighted by atomic mass is 16.5. The van der Waals surface area contributed by atoms with E-state index in [1.807, 2.05) is 0 Å². The molecule has 0 aromatic heterocycles. The summed E-state index contributed by atoms with van der Waals surface area (Å²) in [6.07, 6.45) is 10.6. The maximum Gasteiger partial charge on any atom is 0.217 e. The summed E-state index contributed by atoms with van der Waals surface area (Å²) in [6, 6.07) is 0. The molecule has 1 aliphatic carbocycles. The van der Waals surface area contributed by atoms with Crippen LogP contribution in [0.2, 0.25) is 0 Å². The van der Waals surface area contributed by atoms with Crippen LogP contribution >= 0.6 is 0 Å². The van der Waals surface area contributed by atoms with Gasteiger partial charge in [-0.1, -0.05) is 19.3 Å². The van der Waals surface area contributed by atoms with Crippen LogP contribution in [0.25, 0.3) is 0 Å². The summed E-state index contributed by atoms with van der Waals surface area (Å²) in [5, 5.41) is 3.37. The highest BCUT2D eigenvalue weighted by Gasteiger charge is 2.40. The fourth-order valence-electron chi connectivity index (χ4n) is 3.25. The van der Waals surface area contributed by atoms with Gasteiger partial charge in [0.15, 0.2) is 0 Å². The topological polar surface area (TPSA) is 64.4 Å². The number of hydrogen-bond donors (Lipinski definition) is 2. The van der Waals surface area contributed by atoms with Crippen molar-refractivity contribution in [3.8, 4) is 0 Å². The molecule has 1 saturated carbocycles. The number of hydrogen-bond acceptors (Lipinski definition) is 3. The molecule has 18 heavy (non-hydrogen) atoms. The van der Waals surface area contributed by atoms with Crippen LogP contribution in [0.1, 0.15) is 57.8 Å². The minimum Gasteiger partial charge on any atom is -0.370 e. The fraction of sp³-hybridized carbons (Fsp3) is 0.929. The number of carbonyl (C=O) groups excluding carboxylic acids is 1. The number of ether oxygens (including phenoxy) is 1. The summed E-state index contributed by atoms with van der Waals surface area (Å²) >= 11 is 0. The van der Waals surface area contributed by atoms with Crippen LogP contribution in [-0.2, 0) is 9.53 Å². The van der Waals surface area contributed by atoms with Gasteiger partial charge in [-0.15, -0.1) is 0 Å². The lowest BCUT2D eigenvalue weighted by molar-refractivity contribution is -0.118. The van der Waals surface area contributed by atoms with Gasteiger partial charge in [-0.25, -0.2) is 0 Å². The summed E-state index contributed by atoms with van der Waals surface area (Å²) in [6.45, 7) is 1.77. The van der Waals surface area contributed by atoms with Gasteiger partial charge in [0.05, 0.1) is 11.7 Å². The average molecular weight is 254 g/mol. The van der Waals surface area contributed by atoms with E-state index < -0.39 is 0 Å². The summed E-state index contributed by atoms with van der Waals surface area (Å²) in [5.74, 6) is -0.213. The number of nitrogens with two attached hydrogens (primary N) is 1. The van der Waals surface area contributed by atoms with Gasteiger partial charge in [0, 0.05) is 13.0 Å². The molecule has 1 amide bonds. The number of carbonyl (C=O) groups is 1. The third-order valence-corrected chi connectivity index (χ3v) is 4.25. The maximum absolute atomic E-state index is 10.6. The van der Waals surface area contributed by atoms with Crippen molar-refractivity contribution < 1.29 is 9.53 Å². The largest absolute Gasteiger partial charge is 0.370 e. The van der Waals surface area contributed by atoms with E-state index in [0.717, 1.165) is 19.5 Å². The first-order valence-electron chi connectivity index (χ1n) is 7.37. The molecule has 2 aliphatic rings. The van der Waals surface area contributed by atoms with Crippen molar-refractivity contribution in [1.82, 2.24) is 5.32 Å². The number of rotatable bonds is 6. The van der Waals surface area contributed by atoms with E-state index in [4.69, 9.17) is 10.5 Å². The van der Waals surface area contributed by atoms with Gasteiger partial charge in [-0.3, -0.25) is 4.79 Å². The second-order valence-electron chi connectivity index (χ2n) is 5.80. The van der Waals surface area contributed by atoms with E-state index in [2.05, 4.69) is 5.32 Å².